The molecular weight excluding hydrogens is 276 g/mol. The molecule has 1 amide bonds. The number of carbonyl (C=O) groups is 1. The summed E-state index contributed by atoms with van der Waals surface area (Å²) in [4.78, 5) is 18.0. The molecule has 3 heterocycles. The molecular formula is C18H22N2O2. The molecule has 1 aromatic carbocycles. The Morgan fingerprint density at radius 2 is 2.32 bits per heavy atom. The van der Waals surface area contributed by atoms with Gasteiger partial charge < -0.3 is 14.6 Å². The van der Waals surface area contributed by atoms with Gasteiger partial charge >= 0.3 is 0 Å². The molecule has 116 valence electrons. The smallest absolute Gasteiger partial charge is 0.253 e. The lowest BCUT2D eigenvalue weighted by atomic mass is 9.87. The molecule has 1 aromatic heterocycles. The standard InChI is InChI=1S/C18H22N2O2/c1-13-10-18(22-11-13)6-2-8-20(12-18)17(21)15-3-4-16-14(9-15)5-7-19-16/h3-5,7,9,13,19H,2,6,8,10-12H2,1H3. The Morgan fingerprint density at radius 3 is 3.14 bits per heavy atom. The minimum absolute atomic E-state index is 0.0918. The van der Waals surface area contributed by atoms with Crippen LogP contribution in [0.5, 0.6) is 0 Å². The van der Waals surface area contributed by atoms with Crippen LogP contribution >= 0.6 is 0 Å². The van der Waals surface area contributed by atoms with Crippen LogP contribution in [0.4, 0.5) is 0 Å². The first-order valence-electron chi connectivity index (χ1n) is 8.16. The van der Waals surface area contributed by atoms with Gasteiger partial charge in [-0.2, -0.15) is 0 Å². The molecule has 0 aliphatic carbocycles. The van der Waals surface area contributed by atoms with Crippen LogP contribution in [-0.2, 0) is 4.74 Å². The third kappa shape index (κ3) is 2.31. The zero-order valence-electron chi connectivity index (χ0n) is 13.0. The highest BCUT2D eigenvalue weighted by atomic mass is 16.5. The third-order valence-electron chi connectivity index (χ3n) is 5.02. The molecule has 0 saturated carbocycles. The van der Waals surface area contributed by atoms with Gasteiger partial charge in [0.25, 0.3) is 5.91 Å². The van der Waals surface area contributed by atoms with Crippen molar-refractivity contribution in [3.8, 4) is 0 Å². The van der Waals surface area contributed by atoms with Crippen molar-refractivity contribution in [2.75, 3.05) is 19.7 Å². The van der Waals surface area contributed by atoms with Gasteiger partial charge in [0.1, 0.15) is 0 Å². The van der Waals surface area contributed by atoms with E-state index in [9.17, 15) is 4.79 Å². The SMILES string of the molecule is CC1COC2(CCCN(C(=O)c3ccc4[nH]ccc4c3)C2)C1. The molecule has 4 rings (SSSR count). The Morgan fingerprint density at radius 1 is 1.41 bits per heavy atom. The van der Waals surface area contributed by atoms with Gasteiger partial charge in [0, 0.05) is 35.8 Å². The highest BCUT2D eigenvalue weighted by molar-refractivity contribution is 5.98. The Hall–Kier alpha value is -1.81. The lowest BCUT2D eigenvalue weighted by Gasteiger charge is -2.39. The van der Waals surface area contributed by atoms with E-state index >= 15 is 0 Å². The maximum atomic E-state index is 12.8. The van der Waals surface area contributed by atoms with Crippen LogP contribution in [0, 0.1) is 5.92 Å². The molecule has 4 nitrogen and oxygen atoms in total. The van der Waals surface area contributed by atoms with E-state index < -0.39 is 0 Å². The van der Waals surface area contributed by atoms with Crippen molar-refractivity contribution in [2.45, 2.75) is 31.8 Å². The summed E-state index contributed by atoms with van der Waals surface area (Å²) in [5.41, 5.74) is 1.75. The van der Waals surface area contributed by atoms with Crippen LogP contribution in [0.15, 0.2) is 30.5 Å². The maximum absolute atomic E-state index is 12.8. The van der Waals surface area contributed by atoms with Gasteiger partial charge in [-0.1, -0.05) is 6.92 Å². The zero-order chi connectivity index (χ0) is 15.2. The fraction of sp³-hybridized carbons (Fsp3) is 0.500. The van der Waals surface area contributed by atoms with Gasteiger partial charge in [0.2, 0.25) is 0 Å². The normalized spacial score (nSPS) is 28.6. The number of fused-ring (bicyclic) bond motifs is 1. The van der Waals surface area contributed by atoms with E-state index in [2.05, 4.69) is 11.9 Å². The van der Waals surface area contributed by atoms with Gasteiger partial charge in [-0.3, -0.25) is 4.79 Å². The van der Waals surface area contributed by atoms with Crippen LogP contribution in [0.25, 0.3) is 10.9 Å². The molecule has 2 aliphatic heterocycles. The van der Waals surface area contributed by atoms with Crippen molar-refractivity contribution in [3.05, 3.63) is 36.0 Å². The molecule has 2 atom stereocenters. The Balaban J connectivity index is 1.56. The first-order valence-corrected chi connectivity index (χ1v) is 8.16. The van der Waals surface area contributed by atoms with E-state index in [0.29, 0.717) is 5.92 Å². The Kier molecular flexibility index (Phi) is 3.22. The zero-order valence-corrected chi connectivity index (χ0v) is 13.0. The van der Waals surface area contributed by atoms with E-state index in [1.54, 1.807) is 0 Å². The van der Waals surface area contributed by atoms with Crippen molar-refractivity contribution < 1.29 is 9.53 Å². The number of aromatic amines is 1. The summed E-state index contributed by atoms with van der Waals surface area (Å²) in [6.45, 7) is 4.64. The molecule has 4 heteroatoms. The summed E-state index contributed by atoms with van der Waals surface area (Å²) in [6, 6.07) is 7.89. The van der Waals surface area contributed by atoms with Crippen LogP contribution in [-0.4, -0.2) is 41.1 Å². The number of hydrogen-bond donors (Lipinski definition) is 1. The number of ether oxygens (including phenoxy) is 1. The van der Waals surface area contributed by atoms with Crippen molar-refractivity contribution in [1.29, 1.82) is 0 Å². The molecule has 0 radical (unpaired) electrons. The van der Waals surface area contributed by atoms with Crippen molar-refractivity contribution in [3.63, 3.8) is 0 Å². The van der Waals surface area contributed by atoms with Crippen molar-refractivity contribution >= 4 is 16.8 Å². The van der Waals surface area contributed by atoms with Gasteiger partial charge in [-0.25, -0.2) is 0 Å². The van der Waals surface area contributed by atoms with Gasteiger partial charge in [-0.05, 0) is 49.4 Å². The van der Waals surface area contributed by atoms with Crippen LogP contribution in [0.2, 0.25) is 0 Å². The largest absolute Gasteiger partial charge is 0.373 e. The molecule has 2 aliphatic rings. The first-order chi connectivity index (χ1) is 10.7. The summed E-state index contributed by atoms with van der Waals surface area (Å²) < 4.78 is 6.07. The molecule has 2 saturated heterocycles. The predicted octanol–water partition coefficient (Wildman–Crippen LogP) is 3.20. The maximum Gasteiger partial charge on any atom is 0.253 e. The lowest BCUT2D eigenvalue weighted by molar-refractivity contribution is -0.0449. The lowest BCUT2D eigenvalue weighted by Crippen LogP contribution is -2.50. The quantitative estimate of drug-likeness (QED) is 0.878. The number of rotatable bonds is 1. The predicted molar refractivity (Wildman–Crippen MR) is 85.9 cm³/mol. The molecule has 1 N–H and O–H groups in total. The topological polar surface area (TPSA) is 45.3 Å². The molecule has 0 bridgehead atoms. The fourth-order valence-electron chi connectivity index (χ4n) is 4.00. The highest BCUT2D eigenvalue weighted by Crippen LogP contribution is 2.37. The number of H-pyrrole nitrogens is 1. The van der Waals surface area contributed by atoms with Crippen LogP contribution in [0.1, 0.15) is 36.5 Å². The number of benzene rings is 1. The van der Waals surface area contributed by atoms with Gasteiger partial charge in [0.05, 0.1) is 12.2 Å². The minimum atomic E-state index is -0.0918. The number of hydrogen-bond acceptors (Lipinski definition) is 2. The number of nitrogens with one attached hydrogen (secondary N) is 1. The molecule has 2 aromatic rings. The van der Waals surface area contributed by atoms with Gasteiger partial charge in [0.15, 0.2) is 0 Å². The van der Waals surface area contributed by atoms with Gasteiger partial charge in [-0.15, -0.1) is 0 Å². The fourth-order valence-corrected chi connectivity index (χ4v) is 4.00. The average Bonchev–Trinajstić information content (AvgIpc) is 3.13. The van der Waals surface area contributed by atoms with E-state index in [1.165, 1.54) is 0 Å². The molecule has 2 unspecified atom stereocenters. The first kappa shape index (κ1) is 13.8. The Labute approximate surface area is 130 Å². The van der Waals surface area contributed by atoms with E-state index in [0.717, 1.165) is 55.4 Å². The number of amides is 1. The number of piperidine rings is 1. The third-order valence-corrected chi connectivity index (χ3v) is 5.02. The van der Waals surface area contributed by atoms with Crippen LogP contribution in [0.3, 0.4) is 0 Å². The number of carbonyl (C=O) groups excluding carboxylic acids is 1. The number of likely N-dealkylation sites (tertiary alicyclic amines) is 1. The minimum Gasteiger partial charge on any atom is -0.373 e. The van der Waals surface area contributed by atoms with Crippen LogP contribution < -0.4 is 0 Å². The summed E-state index contributed by atoms with van der Waals surface area (Å²) in [7, 11) is 0. The second-order valence-electron chi connectivity index (χ2n) is 6.91. The number of nitrogens with zero attached hydrogens (tertiary/aromatic N) is 1. The summed E-state index contributed by atoms with van der Waals surface area (Å²) in [5.74, 6) is 0.733. The summed E-state index contributed by atoms with van der Waals surface area (Å²) in [6.07, 6.45) is 5.10. The number of aromatic nitrogens is 1. The van der Waals surface area contributed by atoms with E-state index in [-0.39, 0.29) is 11.5 Å². The molecule has 22 heavy (non-hydrogen) atoms. The average molecular weight is 298 g/mol. The van der Waals surface area contributed by atoms with E-state index in [4.69, 9.17) is 4.74 Å². The van der Waals surface area contributed by atoms with E-state index in [1.807, 2.05) is 35.4 Å². The molecule has 1 spiro atoms. The second kappa shape index (κ2) is 5.13. The van der Waals surface area contributed by atoms with Crippen molar-refractivity contribution in [2.24, 2.45) is 5.92 Å². The monoisotopic (exact) mass is 298 g/mol. The summed E-state index contributed by atoms with van der Waals surface area (Å²) in [5, 5.41) is 1.09. The molecule has 2 fully saturated rings. The summed E-state index contributed by atoms with van der Waals surface area (Å²) >= 11 is 0. The highest BCUT2D eigenvalue weighted by Gasteiger charge is 2.43. The Bertz CT molecular complexity index is 704. The second-order valence-corrected chi connectivity index (χ2v) is 6.91. The van der Waals surface area contributed by atoms with Crippen molar-refractivity contribution in [1.82, 2.24) is 9.88 Å².